The molecule has 0 N–H and O–H groups in total. The topological polar surface area (TPSA) is 13.1 Å². The van der Waals surface area contributed by atoms with Crippen molar-refractivity contribution in [3.8, 4) is 44.5 Å². The van der Waals surface area contributed by atoms with Crippen molar-refractivity contribution in [3.63, 3.8) is 0 Å². The van der Waals surface area contributed by atoms with Gasteiger partial charge in [-0.25, -0.2) is 0 Å². The van der Waals surface area contributed by atoms with Gasteiger partial charge in [0.15, 0.2) is 0 Å². The molecule has 9 aromatic carbocycles. The van der Waals surface area contributed by atoms with Crippen LogP contribution < -0.4 is 0 Å². The van der Waals surface area contributed by atoms with E-state index in [0.717, 1.165) is 38.4 Å². The molecule has 0 aliphatic carbocycles. The summed E-state index contributed by atoms with van der Waals surface area (Å²) in [5.41, 5.74) is 6.50. The summed E-state index contributed by atoms with van der Waals surface area (Å²) in [5, 5.41) is 4.05. The van der Waals surface area contributed by atoms with E-state index in [1.54, 1.807) is 6.07 Å². The van der Waals surface area contributed by atoms with E-state index in [0.29, 0.717) is 33.2 Å². The molecule has 10 rings (SSSR count). The minimum Gasteiger partial charge on any atom is -0.456 e. The van der Waals surface area contributed by atoms with Crippen molar-refractivity contribution in [1.29, 1.82) is 0 Å². The van der Waals surface area contributed by atoms with Crippen molar-refractivity contribution in [2.24, 2.45) is 0 Å². The minimum atomic E-state index is -0.445. The highest BCUT2D eigenvalue weighted by atomic mass is 16.3. The molecule has 1 heterocycles. The molecule has 49 heavy (non-hydrogen) atoms. The van der Waals surface area contributed by atoms with Crippen LogP contribution in [0.1, 0.15) is 11.0 Å². The number of rotatable bonds is 4. The van der Waals surface area contributed by atoms with Crippen molar-refractivity contribution in [1.82, 2.24) is 0 Å². The minimum absolute atomic E-state index is 0.157. The Labute approximate surface area is 295 Å². The third-order valence-electron chi connectivity index (χ3n) is 9.49. The molecule has 0 atom stereocenters. The van der Waals surface area contributed by atoms with Crippen LogP contribution in [0.15, 0.2) is 186 Å². The van der Waals surface area contributed by atoms with Crippen molar-refractivity contribution in [2.45, 2.75) is 0 Å². The zero-order valence-corrected chi connectivity index (χ0v) is 26.1. The van der Waals surface area contributed by atoms with Crippen molar-refractivity contribution in [2.75, 3.05) is 0 Å². The summed E-state index contributed by atoms with van der Waals surface area (Å²) in [6.07, 6.45) is 0. The predicted molar refractivity (Wildman–Crippen MR) is 208 cm³/mol. The monoisotopic (exact) mass is 630 g/mol. The highest BCUT2D eigenvalue weighted by Gasteiger charge is 2.21. The molecule has 0 bridgehead atoms. The Balaban J connectivity index is 1.43. The standard InChI is InChI=1S/C48H30O/c1-3-14-31(15-4-1)36-27-26-35(29-42(36)32-16-5-2-6-17-32)46-37-20-9-11-22-39(37)47(40-23-12-10-21-38(40)46)41-24-13-25-44-48(41)43-28-33-18-7-8-19-34(33)30-45(43)49-44/h1-30H/i9D,10D,11D,12D,20D,21D,22D,23D. The van der Waals surface area contributed by atoms with Gasteiger partial charge in [-0.3, -0.25) is 0 Å². The Morgan fingerprint density at radius 3 is 1.59 bits per heavy atom. The Bertz CT molecular complexity index is 3240. The number of furan rings is 1. The highest BCUT2D eigenvalue weighted by Crippen LogP contribution is 2.48. The molecule has 0 unspecified atom stereocenters. The largest absolute Gasteiger partial charge is 0.456 e. The molecule has 0 fully saturated rings. The van der Waals surface area contributed by atoms with Crippen LogP contribution in [-0.4, -0.2) is 0 Å². The summed E-state index contributed by atoms with van der Waals surface area (Å²) in [6.45, 7) is 0. The Hall–Kier alpha value is -6.44. The first-order chi connectivity index (χ1) is 27.6. The van der Waals surface area contributed by atoms with Crippen LogP contribution in [0.5, 0.6) is 0 Å². The van der Waals surface area contributed by atoms with Gasteiger partial charge in [0, 0.05) is 10.8 Å². The van der Waals surface area contributed by atoms with Gasteiger partial charge in [-0.05, 0) is 101 Å². The van der Waals surface area contributed by atoms with Crippen LogP contribution in [0.25, 0.3) is 98.8 Å². The fourth-order valence-electron chi connectivity index (χ4n) is 7.33. The summed E-state index contributed by atoms with van der Waals surface area (Å²) in [4.78, 5) is 0. The van der Waals surface area contributed by atoms with Crippen LogP contribution in [0.2, 0.25) is 0 Å². The van der Waals surface area contributed by atoms with Crippen LogP contribution >= 0.6 is 0 Å². The molecule has 0 aliphatic heterocycles. The third-order valence-corrected chi connectivity index (χ3v) is 9.49. The van der Waals surface area contributed by atoms with Crippen LogP contribution in [0.4, 0.5) is 0 Å². The predicted octanol–water partition coefficient (Wildman–Crippen LogP) is 13.7. The molecule has 0 spiro atoms. The van der Waals surface area contributed by atoms with Gasteiger partial charge >= 0.3 is 0 Å². The quantitative estimate of drug-likeness (QED) is 0.176. The van der Waals surface area contributed by atoms with Crippen LogP contribution in [0, 0.1) is 0 Å². The lowest BCUT2D eigenvalue weighted by molar-refractivity contribution is 0.669. The molecule has 1 nitrogen and oxygen atoms in total. The second kappa shape index (κ2) is 11.1. The molecular weight excluding hydrogens is 593 g/mol. The van der Waals surface area contributed by atoms with Gasteiger partial charge in [-0.15, -0.1) is 0 Å². The zero-order chi connectivity index (χ0) is 39.3. The summed E-state index contributed by atoms with van der Waals surface area (Å²) in [6, 6.07) is 40.0. The van der Waals surface area contributed by atoms with Crippen molar-refractivity contribution < 1.29 is 15.4 Å². The number of hydrogen-bond donors (Lipinski definition) is 0. The number of fused-ring (bicyclic) bond motifs is 6. The summed E-state index contributed by atoms with van der Waals surface area (Å²) in [5.74, 6) is 0. The lowest BCUT2D eigenvalue weighted by Crippen LogP contribution is -1.93. The molecule has 0 saturated heterocycles. The van der Waals surface area contributed by atoms with Crippen LogP contribution in [0.3, 0.4) is 0 Å². The van der Waals surface area contributed by atoms with E-state index in [-0.39, 0.29) is 51.3 Å². The molecule has 228 valence electrons. The van der Waals surface area contributed by atoms with Gasteiger partial charge in [0.05, 0.1) is 11.0 Å². The first kappa shape index (κ1) is 20.7. The highest BCUT2D eigenvalue weighted by molar-refractivity contribution is 6.26. The van der Waals surface area contributed by atoms with Crippen LogP contribution in [-0.2, 0) is 0 Å². The average molecular weight is 631 g/mol. The zero-order valence-electron chi connectivity index (χ0n) is 34.1. The lowest BCUT2D eigenvalue weighted by Gasteiger charge is -2.19. The molecule has 0 amide bonds. The third kappa shape index (κ3) is 4.40. The van der Waals surface area contributed by atoms with E-state index in [1.807, 2.05) is 127 Å². The van der Waals surface area contributed by atoms with E-state index < -0.39 is 24.2 Å². The summed E-state index contributed by atoms with van der Waals surface area (Å²) < 4.78 is 80.3. The maximum absolute atomic E-state index is 9.53. The van der Waals surface area contributed by atoms with Gasteiger partial charge in [0.25, 0.3) is 0 Å². The molecule has 1 heteroatoms. The Morgan fingerprint density at radius 2 is 0.939 bits per heavy atom. The van der Waals surface area contributed by atoms with E-state index >= 15 is 0 Å². The Kier molecular flexibility index (Phi) is 4.69. The van der Waals surface area contributed by atoms with Gasteiger partial charge in [0.2, 0.25) is 0 Å². The molecule has 1 aromatic heterocycles. The molecular formula is C48H30O. The normalized spacial score (nSPS) is 14.0. The fourth-order valence-corrected chi connectivity index (χ4v) is 7.33. The van der Waals surface area contributed by atoms with Gasteiger partial charge < -0.3 is 4.42 Å². The van der Waals surface area contributed by atoms with E-state index in [4.69, 9.17) is 9.90 Å². The lowest BCUT2D eigenvalue weighted by atomic mass is 9.83. The average Bonchev–Trinajstić information content (AvgIpc) is 3.62. The second-order valence-electron chi connectivity index (χ2n) is 12.2. The molecule has 0 saturated carbocycles. The van der Waals surface area contributed by atoms with Gasteiger partial charge in [0.1, 0.15) is 11.2 Å². The summed E-state index contributed by atoms with van der Waals surface area (Å²) in [7, 11) is 0. The van der Waals surface area contributed by atoms with Crippen molar-refractivity contribution >= 4 is 54.3 Å². The fraction of sp³-hybridized carbons (Fsp3) is 0. The van der Waals surface area contributed by atoms with E-state index in [9.17, 15) is 5.48 Å². The second-order valence-corrected chi connectivity index (χ2v) is 12.2. The van der Waals surface area contributed by atoms with Gasteiger partial charge in [-0.1, -0.05) is 158 Å². The number of hydrogen-bond acceptors (Lipinski definition) is 1. The SMILES string of the molecule is [2H]c1c([2H])c([2H])c2c(-c3cccc4oc5cc6ccccc6cc5c34)c3c([2H])c([2H])c([2H])c([2H])c3c(-c3ccc(-c4ccccc4)c(-c4ccccc4)c3)c2c1[2H]. The molecule has 0 radical (unpaired) electrons. The maximum Gasteiger partial charge on any atom is 0.136 e. The Morgan fingerprint density at radius 1 is 0.367 bits per heavy atom. The smallest absolute Gasteiger partial charge is 0.136 e. The first-order valence-corrected chi connectivity index (χ1v) is 16.2. The number of benzene rings is 9. The maximum atomic E-state index is 9.53. The van der Waals surface area contributed by atoms with Gasteiger partial charge in [-0.2, -0.15) is 0 Å². The first-order valence-electron chi connectivity index (χ1n) is 20.2. The molecule has 0 aliphatic rings. The summed E-state index contributed by atoms with van der Waals surface area (Å²) >= 11 is 0. The van der Waals surface area contributed by atoms with E-state index in [1.165, 1.54) is 0 Å². The van der Waals surface area contributed by atoms with Crippen molar-refractivity contribution in [3.05, 3.63) is 182 Å². The van der Waals surface area contributed by atoms with E-state index in [2.05, 4.69) is 0 Å². The molecule has 10 aromatic rings.